The first-order chi connectivity index (χ1) is 7.75. The van der Waals surface area contributed by atoms with E-state index in [-0.39, 0.29) is 9.92 Å². The first-order valence-electron chi connectivity index (χ1n) is 4.57. The van der Waals surface area contributed by atoms with Crippen LogP contribution in [0.5, 0.6) is 0 Å². The van der Waals surface area contributed by atoms with E-state index in [4.69, 9.17) is 0 Å². The van der Waals surface area contributed by atoms with Crippen molar-refractivity contribution in [2.75, 3.05) is 0 Å². The van der Waals surface area contributed by atoms with Crippen LogP contribution in [0.1, 0.15) is 11.3 Å². The van der Waals surface area contributed by atoms with E-state index in [9.17, 15) is 10.1 Å². The van der Waals surface area contributed by atoms with Crippen molar-refractivity contribution in [3.8, 4) is 0 Å². The number of hydrogen-bond donors (Lipinski definition) is 1. The summed E-state index contributed by atoms with van der Waals surface area (Å²) in [5.74, 6) is 0. The summed E-state index contributed by atoms with van der Waals surface area (Å²) in [6, 6.07) is 3.34. The largest absolute Gasteiger partial charge is 0.364 e. The number of hydrogen-bond acceptors (Lipinski definition) is 6. The van der Waals surface area contributed by atoms with Gasteiger partial charge in [-0.1, -0.05) is 16.5 Å². The average molecular weight is 239 g/mol. The average Bonchev–Trinajstić information content (AvgIpc) is 2.87. The summed E-state index contributed by atoms with van der Waals surface area (Å²) >= 11 is 1.13. The lowest BCUT2D eigenvalue weighted by Gasteiger charge is -1.98. The van der Waals surface area contributed by atoms with Crippen LogP contribution in [0.4, 0.5) is 5.00 Å². The summed E-state index contributed by atoms with van der Waals surface area (Å²) < 4.78 is 4.68. The maximum absolute atomic E-state index is 10.4. The Hall–Kier alpha value is -1.73. The molecule has 2 aromatic heterocycles. The maximum Gasteiger partial charge on any atom is 0.324 e. The summed E-state index contributed by atoms with van der Waals surface area (Å²) in [5, 5.41) is 19.2. The Kier molecular flexibility index (Phi) is 3.28. The lowest BCUT2D eigenvalue weighted by atomic mass is 10.3. The molecule has 0 aliphatic heterocycles. The Morgan fingerprint density at radius 3 is 3.06 bits per heavy atom. The van der Waals surface area contributed by atoms with Gasteiger partial charge in [0.15, 0.2) is 0 Å². The molecule has 0 bridgehead atoms. The number of nitrogens with one attached hydrogen (secondary N) is 1. The second-order valence-corrected chi connectivity index (χ2v) is 4.03. The van der Waals surface area contributed by atoms with E-state index < -0.39 is 0 Å². The van der Waals surface area contributed by atoms with Crippen LogP contribution in [-0.4, -0.2) is 10.1 Å². The minimum atomic E-state index is -0.383. The minimum Gasteiger partial charge on any atom is -0.364 e. The van der Waals surface area contributed by atoms with E-state index in [0.717, 1.165) is 22.6 Å². The number of nitrogens with zero attached hydrogens (tertiary/aromatic N) is 2. The van der Waals surface area contributed by atoms with Crippen molar-refractivity contribution >= 4 is 16.3 Å². The van der Waals surface area contributed by atoms with E-state index in [1.54, 1.807) is 17.5 Å². The van der Waals surface area contributed by atoms with Crippen LogP contribution in [0.3, 0.4) is 0 Å². The number of thiophene rings is 1. The van der Waals surface area contributed by atoms with Crippen LogP contribution in [-0.2, 0) is 13.1 Å². The Labute approximate surface area is 95.0 Å². The van der Waals surface area contributed by atoms with Crippen molar-refractivity contribution < 1.29 is 9.45 Å². The molecule has 0 aromatic carbocycles. The molecule has 0 spiro atoms. The molecule has 1 N–H and O–H groups in total. The summed E-state index contributed by atoms with van der Waals surface area (Å²) in [6.45, 7) is 1.16. The highest BCUT2D eigenvalue weighted by molar-refractivity contribution is 7.13. The normalized spacial score (nSPS) is 10.5. The van der Waals surface area contributed by atoms with Gasteiger partial charge in [-0.3, -0.25) is 10.1 Å². The van der Waals surface area contributed by atoms with Crippen LogP contribution < -0.4 is 5.32 Å². The van der Waals surface area contributed by atoms with Gasteiger partial charge in [0.05, 0.1) is 10.6 Å². The zero-order chi connectivity index (χ0) is 11.4. The van der Waals surface area contributed by atoms with Crippen LogP contribution in [0.2, 0.25) is 0 Å². The Morgan fingerprint density at radius 2 is 2.44 bits per heavy atom. The van der Waals surface area contributed by atoms with Gasteiger partial charge >= 0.3 is 5.00 Å². The smallest absolute Gasteiger partial charge is 0.324 e. The summed E-state index contributed by atoms with van der Waals surface area (Å²) in [7, 11) is 0. The molecular formula is C9H9N3O3S. The molecule has 0 aliphatic carbocycles. The fourth-order valence-corrected chi connectivity index (χ4v) is 1.94. The first-order valence-corrected chi connectivity index (χ1v) is 5.45. The molecule has 0 atom stereocenters. The molecule has 0 unspecified atom stereocenters. The first kappa shape index (κ1) is 10.8. The van der Waals surface area contributed by atoms with Crippen molar-refractivity contribution in [1.82, 2.24) is 10.5 Å². The standard InChI is InChI=1S/C9H9N3O3S/c13-12(14)9-3-7(6-16-9)4-10-5-8-1-2-15-11-8/h1-3,6,10H,4-5H2. The van der Waals surface area contributed by atoms with Crippen LogP contribution in [0.25, 0.3) is 0 Å². The summed E-state index contributed by atoms with van der Waals surface area (Å²) in [6.07, 6.45) is 1.51. The molecule has 0 radical (unpaired) electrons. The SMILES string of the molecule is O=[N+]([O-])c1cc(CNCc2ccon2)cs1. The molecular weight excluding hydrogens is 230 g/mol. The lowest BCUT2D eigenvalue weighted by molar-refractivity contribution is -0.380. The molecule has 6 nitrogen and oxygen atoms in total. The van der Waals surface area contributed by atoms with Crippen molar-refractivity contribution in [3.63, 3.8) is 0 Å². The van der Waals surface area contributed by atoms with E-state index in [0.29, 0.717) is 13.1 Å². The third kappa shape index (κ3) is 2.65. The molecule has 0 fully saturated rings. The molecule has 0 saturated carbocycles. The summed E-state index contributed by atoms with van der Waals surface area (Å²) in [5.41, 5.74) is 1.71. The second-order valence-electron chi connectivity index (χ2n) is 3.14. The second kappa shape index (κ2) is 4.86. The number of rotatable bonds is 5. The van der Waals surface area contributed by atoms with Crippen LogP contribution in [0, 0.1) is 10.1 Å². The van der Waals surface area contributed by atoms with Gasteiger partial charge in [-0.2, -0.15) is 0 Å². The van der Waals surface area contributed by atoms with Gasteiger partial charge in [0.25, 0.3) is 0 Å². The third-order valence-corrected chi connectivity index (χ3v) is 2.88. The van der Waals surface area contributed by atoms with Gasteiger partial charge in [0.1, 0.15) is 6.26 Å². The Balaban J connectivity index is 1.83. The van der Waals surface area contributed by atoms with Gasteiger partial charge in [-0.15, -0.1) is 0 Å². The zero-order valence-corrected chi connectivity index (χ0v) is 9.07. The molecule has 0 saturated heterocycles. The predicted octanol–water partition coefficient (Wildman–Crippen LogP) is 1.93. The van der Waals surface area contributed by atoms with Crippen LogP contribution in [0.15, 0.2) is 28.3 Å². The molecule has 16 heavy (non-hydrogen) atoms. The van der Waals surface area contributed by atoms with E-state index >= 15 is 0 Å². The lowest BCUT2D eigenvalue weighted by Crippen LogP contribution is -2.12. The summed E-state index contributed by atoms with van der Waals surface area (Å²) in [4.78, 5) is 10.1. The fraction of sp³-hybridized carbons (Fsp3) is 0.222. The van der Waals surface area contributed by atoms with Gasteiger partial charge in [0, 0.05) is 30.6 Å². The Morgan fingerprint density at radius 1 is 1.56 bits per heavy atom. The molecule has 2 rings (SSSR count). The fourth-order valence-electron chi connectivity index (χ4n) is 1.21. The molecule has 0 amide bonds. The Bertz CT molecular complexity index is 466. The molecule has 0 aliphatic rings. The van der Waals surface area contributed by atoms with Gasteiger partial charge in [0.2, 0.25) is 0 Å². The molecule has 2 heterocycles. The number of aromatic nitrogens is 1. The van der Waals surface area contributed by atoms with Crippen molar-refractivity contribution in [3.05, 3.63) is 45.1 Å². The van der Waals surface area contributed by atoms with E-state index in [1.807, 2.05) is 0 Å². The monoisotopic (exact) mass is 239 g/mol. The van der Waals surface area contributed by atoms with Gasteiger partial charge < -0.3 is 9.84 Å². The molecule has 7 heteroatoms. The van der Waals surface area contributed by atoms with Crippen molar-refractivity contribution in [2.24, 2.45) is 0 Å². The highest BCUT2D eigenvalue weighted by atomic mass is 32.1. The van der Waals surface area contributed by atoms with Crippen LogP contribution >= 0.6 is 11.3 Å². The molecule has 2 aromatic rings. The predicted molar refractivity (Wildman–Crippen MR) is 58.0 cm³/mol. The maximum atomic E-state index is 10.4. The highest BCUT2D eigenvalue weighted by Crippen LogP contribution is 2.22. The third-order valence-electron chi connectivity index (χ3n) is 1.95. The zero-order valence-electron chi connectivity index (χ0n) is 8.25. The highest BCUT2D eigenvalue weighted by Gasteiger charge is 2.08. The topological polar surface area (TPSA) is 81.2 Å². The van der Waals surface area contributed by atoms with Gasteiger partial charge in [-0.05, 0) is 5.56 Å². The molecule has 84 valence electrons. The van der Waals surface area contributed by atoms with Crippen molar-refractivity contribution in [2.45, 2.75) is 13.1 Å². The van der Waals surface area contributed by atoms with E-state index in [2.05, 4.69) is 15.0 Å². The van der Waals surface area contributed by atoms with Gasteiger partial charge in [-0.25, -0.2) is 0 Å². The quantitative estimate of drug-likeness (QED) is 0.637. The van der Waals surface area contributed by atoms with Crippen molar-refractivity contribution in [1.29, 1.82) is 0 Å². The van der Waals surface area contributed by atoms with E-state index in [1.165, 1.54) is 6.26 Å². The number of nitro groups is 1. The minimum absolute atomic E-state index is 0.165.